The number of nitrogens with zero attached hydrogens (tertiary/aromatic N) is 4. The fourth-order valence-electron chi connectivity index (χ4n) is 5.75. The predicted octanol–water partition coefficient (Wildman–Crippen LogP) is 4.58. The van der Waals surface area contributed by atoms with Crippen LogP contribution in [0.3, 0.4) is 0 Å². The van der Waals surface area contributed by atoms with Gasteiger partial charge in [0.2, 0.25) is 0 Å². The van der Waals surface area contributed by atoms with Gasteiger partial charge >= 0.3 is 0 Å². The Kier molecular flexibility index (Phi) is 8.19. The van der Waals surface area contributed by atoms with Gasteiger partial charge in [-0.15, -0.1) is 0 Å². The van der Waals surface area contributed by atoms with Gasteiger partial charge in [-0.1, -0.05) is 44.4 Å². The van der Waals surface area contributed by atoms with Gasteiger partial charge in [-0.2, -0.15) is 0 Å². The molecule has 0 saturated carbocycles. The first kappa shape index (κ1) is 26.0. The first-order valence-electron chi connectivity index (χ1n) is 13.4. The topological polar surface area (TPSA) is 78.2 Å². The summed E-state index contributed by atoms with van der Waals surface area (Å²) >= 11 is 0. The molecule has 1 saturated heterocycles. The maximum absolute atomic E-state index is 14.0. The smallest absolute Gasteiger partial charge is 0.279 e. The highest BCUT2D eigenvalue weighted by Gasteiger charge is 2.30. The number of nitrogens with two attached hydrogens (primary N) is 1. The Morgan fingerprint density at radius 1 is 0.944 bits per heavy atom. The molecule has 0 bridgehead atoms. The zero-order valence-corrected chi connectivity index (χ0v) is 22.3. The molecule has 194 valence electrons. The van der Waals surface area contributed by atoms with E-state index < -0.39 is 5.91 Å². The summed E-state index contributed by atoms with van der Waals surface area (Å²) in [6, 6.07) is 9.65. The van der Waals surface area contributed by atoms with E-state index in [4.69, 9.17) is 5.73 Å². The van der Waals surface area contributed by atoms with E-state index in [1.54, 1.807) is 4.68 Å². The molecule has 1 aliphatic heterocycles. The number of likely N-dealkylation sites (tertiary alicyclic amines) is 1. The van der Waals surface area contributed by atoms with Crippen molar-refractivity contribution in [2.24, 2.45) is 12.8 Å². The third-order valence-corrected chi connectivity index (χ3v) is 7.79. The molecule has 0 aliphatic carbocycles. The second-order valence-electron chi connectivity index (χ2n) is 10.1. The summed E-state index contributed by atoms with van der Waals surface area (Å²) in [5.74, 6) is -0.468. The van der Waals surface area contributed by atoms with Crippen LogP contribution in [0.2, 0.25) is 0 Å². The van der Waals surface area contributed by atoms with Crippen molar-refractivity contribution < 1.29 is 4.79 Å². The fraction of sp³-hybridized carbons (Fsp3) is 0.517. The molecule has 0 unspecified atom stereocenters. The average Bonchev–Trinajstić information content (AvgIpc) is 3.27. The Balaban J connectivity index is 1.89. The Hall–Kier alpha value is -3.06. The minimum atomic E-state index is -0.468. The number of unbranched alkanes of at least 4 members (excludes halogenated alkanes) is 2. The number of amides is 1. The number of carbonyl (C=O) groups is 1. The molecular weight excluding hydrogens is 450 g/mol. The Morgan fingerprint density at radius 2 is 1.64 bits per heavy atom. The number of piperidine rings is 1. The number of hydrogen-bond donors (Lipinski definition) is 1. The van der Waals surface area contributed by atoms with Crippen LogP contribution in [0, 0.1) is 13.8 Å². The van der Waals surface area contributed by atoms with E-state index in [0.29, 0.717) is 11.1 Å². The predicted molar refractivity (Wildman–Crippen MR) is 146 cm³/mol. The number of hydrogen-bond acceptors (Lipinski definition) is 3. The summed E-state index contributed by atoms with van der Waals surface area (Å²) in [5.41, 5.74) is 11.3. The maximum Gasteiger partial charge on any atom is 0.279 e. The van der Waals surface area contributed by atoms with Crippen LogP contribution in [-0.4, -0.2) is 44.4 Å². The van der Waals surface area contributed by atoms with Crippen molar-refractivity contribution in [2.45, 2.75) is 72.3 Å². The molecule has 7 nitrogen and oxygen atoms in total. The molecule has 4 rings (SSSR count). The number of benzene rings is 1. The molecular formula is C29H41N5O2. The third kappa shape index (κ3) is 4.94. The third-order valence-electron chi connectivity index (χ3n) is 7.79. The molecule has 1 aliphatic rings. The minimum absolute atomic E-state index is 0.117. The Bertz CT molecular complexity index is 1260. The Labute approximate surface area is 214 Å². The van der Waals surface area contributed by atoms with Gasteiger partial charge in [0.25, 0.3) is 11.5 Å². The van der Waals surface area contributed by atoms with Crippen molar-refractivity contribution in [1.82, 2.24) is 18.8 Å². The van der Waals surface area contributed by atoms with Gasteiger partial charge in [0.1, 0.15) is 0 Å². The lowest BCUT2D eigenvalue weighted by molar-refractivity contribution is 0.1000. The zero-order chi connectivity index (χ0) is 25.8. The standard InChI is InChI=1S/C29H41N5O2/c1-5-6-9-16-24-27(26-21(2)31(4)34(29(26)36)23-14-10-7-11-15-23)25(28(30)35)22(3)33(24)20-19-32-17-12-8-13-18-32/h7,10-11,14-15H,5-6,8-9,12-13,16-20H2,1-4H3,(H2,30,35). The van der Waals surface area contributed by atoms with Gasteiger partial charge in [0.15, 0.2) is 0 Å². The highest BCUT2D eigenvalue weighted by atomic mass is 16.1. The van der Waals surface area contributed by atoms with Crippen LogP contribution >= 0.6 is 0 Å². The monoisotopic (exact) mass is 491 g/mol. The van der Waals surface area contributed by atoms with Crippen LogP contribution in [0.5, 0.6) is 0 Å². The quantitative estimate of drug-likeness (QED) is 0.422. The van der Waals surface area contributed by atoms with Crippen molar-refractivity contribution >= 4 is 5.91 Å². The summed E-state index contributed by atoms with van der Waals surface area (Å²) < 4.78 is 5.85. The van der Waals surface area contributed by atoms with Gasteiger partial charge in [-0.3, -0.25) is 14.3 Å². The molecule has 3 heterocycles. The van der Waals surface area contributed by atoms with E-state index in [2.05, 4.69) is 16.4 Å². The molecule has 36 heavy (non-hydrogen) atoms. The molecule has 7 heteroatoms. The molecule has 1 amide bonds. The number of para-hydroxylation sites is 1. The van der Waals surface area contributed by atoms with Crippen LogP contribution in [0.15, 0.2) is 35.1 Å². The zero-order valence-electron chi connectivity index (χ0n) is 22.3. The normalized spacial score (nSPS) is 14.4. The van der Waals surface area contributed by atoms with Gasteiger partial charge in [-0.05, 0) is 64.8 Å². The van der Waals surface area contributed by atoms with Gasteiger partial charge < -0.3 is 15.2 Å². The second-order valence-corrected chi connectivity index (χ2v) is 10.1. The SMILES string of the molecule is CCCCCc1c(-c2c(C)n(C)n(-c3ccccc3)c2=O)c(C(N)=O)c(C)n1CCN1CCCCC1. The van der Waals surface area contributed by atoms with Crippen molar-refractivity contribution in [1.29, 1.82) is 0 Å². The molecule has 1 fully saturated rings. The van der Waals surface area contributed by atoms with Gasteiger partial charge in [-0.25, -0.2) is 4.68 Å². The highest BCUT2D eigenvalue weighted by Crippen LogP contribution is 2.35. The van der Waals surface area contributed by atoms with E-state index >= 15 is 0 Å². The van der Waals surface area contributed by atoms with Crippen LogP contribution < -0.4 is 11.3 Å². The largest absolute Gasteiger partial charge is 0.366 e. The highest BCUT2D eigenvalue weighted by molar-refractivity contribution is 6.02. The van der Waals surface area contributed by atoms with Gasteiger partial charge in [0, 0.05) is 42.8 Å². The first-order chi connectivity index (χ1) is 17.4. The number of aromatic nitrogens is 3. The summed E-state index contributed by atoms with van der Waals surface area (Å²) in [5, 5.41) is 0. The van der Waals surface area contributed by atoms with E-state index in [1.807, 2.05) is 55.9 Å². The van der Waals surface area contributed by atoms with Crippen molar-refractivity contribution in [3.63, 3.8) is 0 Å². The molecule has 0 spiro atoms. The van der Waals surface area contributed by atoms with Crippen molar-refractivity contribution in [2.75, 3.05) is 19.6 Å². The minimum Gasteiger partial charge on any atom is -0.366 e. The lowest BCUT2D eigenvalue weighted by atomic mass is 9.97. The van der Waals surface area contributed by atoms with E-state index in [1.165, 1.54) is 19.3 Å². The summed E-state index contributed by atoms with van der Waals surface area (Å²) in [6.07, 6.45) is 7.82. The molecule has 0 radical (unpaired) electrons. The molecule has 2 aromatic heterocycles. The molecule has 1 aromatic carbocycles. The van der Waals surface area contributed by atoms with Crippen LogP contribution in [-0.2, 0) is 20.0 Å². The van der Waals surface area contributed by atoms with E-state index in [-0.39, 0.29) is 5.56 Å². The lowest BCUT2D eigenvalue weighted by Gasteiger charge is -2.27. The number of primary amides is 1. The van der Waals surface area contributed by atoms with E-state index in [0.717, 1.165) is 80.2 Å². The summed E-state index contributed by atoms with van der Waals surface area (Å²) in [6.45, 7) is 10.1. The average molecular weight is 492 g/mol. The number of carbonyl (C=O) groups excluding carboxylic acids is 1. The summed E-state index contributed by atoms with van der Waals surface area (Å²) in [4.78, 5) is 29.4. The first-order valence-corrected chi connectivity index (χ1v) is 13.4. The Morgan fingerprint density at radius 3 is 2.28 bits per heavy atom. The van der Waals surface area contributed by atoms with Crippen molar-refractivity contribution in [3.8, 4) is 16.8 Å². The molecule has 0 atom stereocenters. The fourth-order valence-corrected chi connectivity index (χ4v) is 5.75. The molecule has 3 aromatic rings. The lowest BCUT2D eigenvalue weighted by Crippen LogP contribution is -2.33. The van der Waals surface area contributed by atoms with Crippen LogP contribution in [0.4, 0.5) is 0 Å². The maximum atomic E-state index is 14.0. The van der Waals surface area contributed by atoms with Gasteiger partial charge in [0.05, 0.1) is 16.8 Å². The van der Waals surface area contributed by atoms with Crippen LogP contribution in [0.1, 0.15) is 72.9 Å². The second kappa shape index (κ2) is 11.3. The van der Waals surface area contributed by atoms with Crippen molar-refractivity contribution in [3.05, 3.63) is 63.3 Å². The number of rotatable bonds is 10. The van der Waals surface area contributed by atoms with Crippen LogP contribution in [0.25, 0.3) is 16.8 Å². The summed E-state index contributed by atoms with van der Waals surface area (Å²) in [7, 11) is 1.90. The molecule has 2 N–H and O–H groups in total. The van der Waals surface area contributed by atoms with E-state index in [9.17, 15) is 9.59 Å².